The number of carbonyl (C=O) groups is 2. The number of anilines is 2. The van der Waals surface area contributed by atoms with Crippen molar-refractivity contribution in [3.05, 3.63) is 84.2 Å². The number of ether oxygens (including phenoxy) is 2. The highest BCUT2D eigenvalue weighted by molar-refractivity contribution is 5.99. The molecule has 2 aliphatic rings. The molecule has 192 valence electrons. The van der Waals surface area contributed by atoms with Crippen LogP contribution in [0.1, 0.15) is 20.9 Å². The molecule has 0 atom stereocenters. The van der Waals surface area contributed by atoms with Gasteiger partial charge in [-0.25, -0.2) is 14.4 Å². The van der Waals surface area contributed by atoms with E-state index in [1.165, 1.54) is 18.5 Å². The molecule has 1 fully saturated rings. The highest BCUT2D eigenvalue weighted by Crippen LogP contribution is 2.35. The predicted octanol–water partition coefficient (Wildman–Crippen LogP) is 3.95. The molecule has 0 saturated carbocycles. The topological polar surface area (TPSA) is 110 Å². The minimum Gasteiger partial charge on any atom is -0.459 e. The van der Waals surface area contributed by atoms with Crippen LogP contribution >= 0.6 is 0 Å². The molecule has 0 spiro atoms. The fourth-order valence-corrected chi connectivity index (χ4v) is 4.34. The van der Waals surface area contributed by atoms with Gasteiger partial charge in [-0.15, -0.1) is 0 Å². The first-order valence-corrected chi connectivity index (χ1v) is 12.0. The molecule has 1 saturated heterocycles. The number of aromatic nitrogens is 2. The summed E-state index contributed by atoms with van der Waals surface area (Å²) >= 11 is 0. The second-order valence-corrected chi connectivity index (χ2v) is 8.69. The molecule has 2 aromatic heterocycles. The zero-order valence-corrected chi connectivity index (χ0v) is 20.1. The van der Waals surface area contributed by atoms with E-state index in [9.17, 15) is 14.0 Å². The van der Waals surface area contributed by atoms with Crippen molar-refractivity contribution in [2.75, 3.05) is 38.3 Å². The van der Waals surface area contributed by atoms with Gasteiger partial charge in [0.05, 0.1) is 12.0 Å². The lowest BCUT2D eigenvalue weighted by Crippen LogP contribution is -2.50. The number of nitrogens with one attached hydrogen (secondary N) is 1. The van der Waals surface area contributed by atoms with Gasteiger partial charge in [0.2, 0.25) is 6.79 Å². The lowest BCUT2D eigenvalue weighted by molar-refractivity contribution is 0.0518. The summed E-state index contributed by atoms with van der Waals surface area (Å²) < 4.78 is 30.5. The first kappa shape index (κ1) is 23.5. The summed E-state index contributed by atoms with van der Waals surface area (Å²) in [7, 11) is 0. The van der Waals surface area contributed by atoms with Crippen molar-refractivity contribution in [2.24, 2.45) is 0 Å². The fourth-order valence-electron chi connectivity index (χ4n) is 4.34. The van der Waals surface area contributed by atoms with E-state index >= 15 is 0 Å². The van der Waals surface area contributed by atoms with Crippen LogP contribution in [0.2, 0.25) is 0 Å². The number of para-hydroxylation sites is 1. The highest BCUT2D eigenvalue weighted by Gasteiger charge is 2.29. The van der Waals surface area contributed by atoms with Crippen LogP contribution in [0.15, 0.2) is 71.5 Å². The van der Waals surface area contributed by atoms with Gasteiger partial charge in [0.25, 0.3) is 11.8 Å². The van der Waals surface area contributed by atoms with Crippen molar-refractivity contribution in [1.82, 2.24) is 19.8 Å². The number of piperazine rings is 1. The van der Waals surface area contributed by atoms with Crippen LogP contribution in [0, 0.1) is 5.82 Å². The third-order valence-electron chi connectivity index (χ3n) is 6.36. The van der Waals surface area contributed by atoms with Gasteiger partial charge in [0.15, 0.2) is 23.1 Å². The van der Waals surface area contributed by atoms with Crippen molar-refractivity contribution < 1.29 is 27.9 Å². The lowest BCUT2D eigenvalue weighted by Gasteiger charge is -2.34. The average Bonchev–Trinajstić information content (AvgIpc) is 3.66. The van der Waals surface area contributed by atoms with Crippen LogP contribution < -0.4 is 14.8 Å². The Balaban J connectivity index is 1.27. The summed E-state index contributed by atoms with van der Waals surface area (Å²) in [5, 5.41) is 2.96. The average molecular weight is 516 g/mol. The lowest BCUT2D eigenvalue weighted by atomic mass is 10.1. The number of nitrogens with zero attached hydrogens (tertiary/aromatic N) is 4. The van der Waals surface area contributed by atoms with Crippen LogP contribution in [-0.4, -0.2) is 64.6 Å². The van der Waals surface area contributed by atoms with Crippen molar-refractivity contribution in [3.63, 3.8) is 0 Å². The van der Waals surface area contributed by atoms with E-state index in [-0.39, 0.29) is 41.4 Å². The molecule has 4 heterocycles. The quantitative estimate of drug-likeness (QED) is 0.426. The molecule has 10 nitrogen and oxygen atoms in total. The molecule has 6 rings (SSSR count). The van der Waals surface area contributed by atoms with E-state index in [1.54, 1.807) is 58.3 Å². The predicted molar refractivity (Wildman–Crippen MR) is 134 cm³/mol. The Bertz CT molecular complexity index is 1500. The number of rotatable bonds is 5. The molecule has 11 heteroatoms. The van der Waals surface area contributed by atoms with Gasteiger partial charge < -0.3 is 29.0 Å². The molecular weight excluding hydrogens is 493 g/mol. The van der Waals surface area contributed by atoms with Crippen LogP contribution in [0.3, 0.4) is 0 Å². The number of furan rings is 1. The maximum Gasteiger partial charge on any atom is 0.289 e. The van der Waals surface area contributed by atoms with Crippen molar-refractivity contribution >= 4 is 23.3 Å². The van der Waals surface area contributed by atoms with Crippen molar-refractivity contribution in [2.45, 2.75) is 0 Å². The number of amides is 2. The largest absolute Gasteiger partial charge is 0.459 e. The molecule has 0 radical (unpaired) electrons. The Hall–Kier alpha value is -4.93. The Kier molecular flexibility index (Phi) is 6.08. The van der Waals surface area contributed by atoms with Gasteiger partial charge in [-0.2, -0.15) is 0 Å². The molecule has 0 aliphatic carbocycles. The van der Waals surface area contributed by atoms with Crippen molar-refractivity contribution in [3.8, 4) is 22.9 Å². The number of halogens is 1. The Morgan fingerprint density at radius 3 is 2.42 bits per heavy atom. The van der Waals surface area contributed by atoms with E-state index in [2.05, 4.69) is 15.3 Å². The van der Waals surface area contributed by atoms with Crippen LogP contribution in [-0.2, 0) is 0 Å². The third kappa shape index (κ3) is 4.49. The minimum absolute atomic E-state index is 0.132. The van der Waals surface area contributed by atoms with Gasteiger partial charge in [-0.05, 0) is 42.5 Å². The standard InChI is InChI=1S/C27H22FN5O5/c28-19-4-1-2-5-20(19)30-25-18(15-29-24(31-25)17-7-8-21-23(14-17)38-16-37-21)26(34)32-9-11-33(12-10-32)27(35)22-6-3-13-36-22/h1-8,13-15H,9-12,16H2,(H,29,30,31). The van der Waals surface area contributed by atoms with E-state index in [0.29, 0.717) is 49.1 Å². The maximum atomic E-state index is 14.5. The number of hydrogen-bond donors (Lipinski definition) is 1. The fraction of sp³-hybridized carbons (Fsp3) is 0.185. The smallest absolute Gasteiger partial charge is 0.289 e. The molecule has 1 N–H and O–H groups in total. The normalized spacial score (nSPS) is 14.4. The summed E-state index contributed by atoms with van der Waals surface area (Å²) in [5.41, 5.74) is 1.00. The highest BCUT2D eigenvalue weighted by atomic mass is 19.1. The molecular formula is C27H22FN5O5. The summed E-state index contributed by atoms with van der Waals surface area (Å²) in [6.45, 7) is 1.45. The number of fused-ring (bicyclic) bond motifs is 1. The maximum absolute atomic E-state index is 14.5. The van der Waals surface area contributed by atoms with E-state index < -0.39 is 5.82 Å². The van der Waals surface area contributed by atoms with Crippen LogP contribution in [0.4, 0.5) is 15.9 Å². The Labute approximate surface area is 216 Å². The van der Waals surface area contributed by atoms with Gasteiger partial charge in [-0.1, -0.05) is 12.1 Å². The SMILES string of the molecule is O=C(c1ccco1)N1CCN(C(=O)c2cnc(-c3ccc4c(c3)OCO4)nc2Nc2ccccc2F)CC1. The summed E-state index contributed by atoms with van der Waals surface area (Å²) in [6.07, 6.45) is 2.88. The molecule has 2 amide bonds. The second-order valence-electron chi connectivity index (χ2n) is 8.69. The van der Waals surface area contributed by atoms with Gasteiger partial charge in [0, 0.05) is 37.9 Å². The van der Waals surface area contributed by atoms with Crippen LogP contribution in [0.25, 0.3) is 11.4 Å². The van der Waals surface area contributed by atoms with Gasteiger partial charge in [-0.3, -0.25) is 9.59 Å². The number of benzene rings is 2. The zero-order valence-electron chi connectivity index (χ0n) is 20.1. The van der Waals surface area contributed by atoms with E-state index in [1.807, 2.05) is 0 Å². The second kappa shape index (κ2) is 9.85. The third-order valence-corrected chi connectivity index (χ3v) is 6.36. The Morgan fingerprint density at radius 2 is 1.66 bits per heavy atom. The summed E-state index contributed by atoms with van der Waals surface area (Å²) in [4.78, 5) is 38.4. The zero-order chi connectivity index (χ0) is 26.1. The van der Waals surface area contributed by atoms with E-state index in [0.717, 1.165) is 0 Å². The monoisotopic (exact) mass is 515 g/mol. The molecule has 2 aromatic carbocycles. The summed E-state index contributed by atoms with van der Waals surface area (Å²) in [6, 6.07) is 14.7. The summed E-state index contributed by atoms with van der Waals surface area (Å²) in [5.74, 6) is 0.899. The molecule has 0 unspecified atom stereocenters. The van der Waals surface area contributed by atoms with E-state index in [4.69, 9.17) is 13.9 Å². The van der Waals surface area contributed by atoms with Crippen molar-refractivity contribution in [1.29, 1.82) is 0 Å². The number of carbonyl (C=O) groups excluding carboxylic acids is 2. The number of hydrogen-bond acceptors (Lipinski definition) is 8. The van der Waals surface area contributed by atoms with Gasteiger partial charge >= 0.3 is 0 Å². The molecule has 0 bridgehead atoms. The molecule has 2 aliphatic heterocycles. The minimum atomic E-state index is -0.487. The first-order chi connectivity index (χ1) is 18.6. The Morgan fingerprint density at radius 1 is 0.895 bits per heavy atom. The van der Waals surface area contributed by atoms with Gasteiger partial charge in [0.1, 0.15) is 17.2 Å². The molecule has 4 aromatic rings. The van der Waals surface area contributed by atoms with Crippen LogP contribution in [0.5, 0.6) is 11.5 Å². The first-order valence-electron chi connectivity index (χ1n) is 12.0. The molecule has 38 heavy (non-hydrogen) atoms.